The van der Waals surface area contributed by atoms with Gasteiger partial charge in [0.25, 0.3) is 0 Å². The molecule has 3 aliphatic heterocycles. The van der Waals surface area contributed by atoms with Gasteiger partial charge in [-0.1, -0.05) is 0 Å². The second-order valence-electron chi connectivity index (χ2n) is 6.25. The van der Waals surface area contributed by atoms with Crippen LogP contribution in [0.3, 0.4) is 0 Å². The van der Waals surface area contributed by atoms with Gasteiger partial charge in [0.15, 0.2) is 0 Å². The van der Waals surface area contributed by atoms with Crippen molar-refractivity contribution < 1.29 is 4.74 Å². The lowest BCUT2D eigenvalue weighted by Gasteiger charge is -2.46. The van der Waals surface area contributed by atoms with E-state index in [2.05, 4.69) is 24.1 Å². The molecule has 0 aromatic carbocycles. The maximum absolute atomic E-state index is 5.88. The van der Waals surface area contributed by atoms with Crippen LogP contribution < -0.4 is 5.32 Å². The van der Waals surface area contributed by atoms with Crippen LogP contribution >= 0.6 is 0 Å². The van der Waals surface area contributed by atoms with E-state index in [4.69, 9.17) is 4.74 Å². The van der Waals surface area contributed by atoms with Crippen molar-refractivity contribution in [1.29, 1.82) is 0 Å². The zero-order valence-electron chi connectivity index (χ0n) is 11.2. The molecule has 3 aliphatic rings. The molecule has 3 heterocycles. The lowest BCUT2D eigenvalue weighted by molar-refractivity contribution is -0.0787. The Morgan fingerprint density at radius 1 is 1.12 bits per heavy atom. The van der Waals surface area contributed by atoms with Crippen LogP contribution in [0.25, 0.3) is 0 Å². The maximum atomic E-state index is 5.88. The molecule has 0 saturated carbocycles. The van der Waals surface area contributed by atoms with Gasteiger partial charge in [-0.05, 0) is 58.5 Å². The first-order valence-electron chi connectivity index (χ1n) is 7.36. The Morgan fingerprint density at radius 2 is 1.88 bits per heavy atom. The molecule has 4 unspecified atom stereocenters. The molecule has 0 aromatic heterocycles. The van der Waals surface area contributed by atoms with E-state index in [-0.39, 0.29) is 0 Å². The minimum absolute atomic E-state index is 0.443. The van der Waals surface area contributed by atoms with E-state index in [0.29, 0.717) is 12.2 Å². The van der Waals surface area contributed by atoms with Gasteiger partial charge < -0.3 is 10.1 Å². The molecule has 0 bridgehead atoms. The van der Waals surface area contributed by atoms with Crippen LogP contribution in [0.4, 0.5) is 0 Å². The maximum Gasteiger partial charge on any atom is 0.0565 e. The summed E-state index contributed by atoms with van der Waals surface area (Å²) in [6.45, 7) is 8.24. The predicted molar refractivity (Wildman–Crippen MR) is 69.1 cm³/mol. The Bertz CT molecular complexity index is 261. The molecule has 3 rings (SSSR count). The van der Waals surface area contributed by atoms with Gasteiger partial charge in [0.05, 0.1) is 12.2 Å². The SMILES string of the molecule is CC1CC(N2CCCC3CNCC32)CC(C)O1. The lowest BCUT2D eigenvalue weighted by atomic mass is 9.88. The van der Waals surface area contributed by atoms with Crippen LogP contribution in [0.1, 0.15) is 39.5 Å². The first kappa shape index (κ1) is 11.9. The summed E-state index contributed by atoms with van der Waals surface area (Å²) in [5.41, 5.74) is 0. The third kappa shape index (κ3) is 2.38. The van der Waals surface area contributed by atoms with Crippen molar-refractivity contribution in [3.63, 3.8) is 0 Å². The van der Waals surface area contributed by atoms with Gasteiger partial charge in [-0.15, -0.1) is 0 Å². The van der Waals surface area contributed by atoms with Crippen LogP contribution in [0.5, 0.6) is 0 Å². The van der Waals surface area contributed by atoms with Gasteiger partial charge in [0.1, 0.15) is 0 Å². The average Bonchev–Trinajstić information content (AvgIpc) is 2.75. The lowest BCUT2D eigenvalue weighted by Crippen LogP contribution is -2.53. The molecular weight excluding hydrogens is 212 g/mol. The van der Waals surface area contributed by atoms with Crippen molar-refractivity contribution in [2.24, 2.45) is 5.92 Å². The molecule has 98 valence electrons. The number of likely N-dealkylation sites (tertiary alicyclic amines) is 1. The highest BCUT2D eigenvalue weighted by molar-refractivity contribution is 4.96. The number of hydrogen-bond acceptors (Lipinski definition) is 3. The van der Waals surface area contributed by atoms with E-state index in [1.165, 1.54) is 45.3 Å². The molecule has 0 amide bonds. The van der Waals surface area contributed by atoms with E-state index in [9.17, 15) is 0 Å². The molecule has 0 spiro atoms. The zero-order valence-corrected chi connectivity index (χ0v) is 11.2. The second-order valence-corrected chi connectivity index (χ2v) is 6.25. The van der Waals surface area contributed by atoms with Gasteiger partial charge in [-0.2, -0.15) is 0 Å². The normalized spacial score (nSPS) is 48.0. The summed E-state index contributed by atoms with van der Waals surface area (Å²) in [4.78, 5) is 2.81. The number of nitrogens with zero attached hydrogens (tertiary/aromatic N) is 1. The average molecular weight is 238 g/mol. The van der Waals surface area contributed by atoms with Gasteiger partial charge in [-0.25, -0.2) is 0 Å². The smallest absolute Gasteiger partial charge is 0.0565 e. The van der Waals surface area contributed by atoms with Crippen molar-refractivity contribution in [3.05, 3.63) is 0 Å². The number of rotatable bonds is 1. The monoisotopic (exact) mass is 238 g/mol. The largest absolute Gasteiger partial charge is 0.375 e. The number of hydrogen-bond donors (Lipinski definition) is 1. The first-order valence-corrected chi connectivity index (χ1v) is 7.36. The van der Waals surface area contributed by atoms with Crippen LogP contribution in [0.2, 0.25) is 0 Å². The summed E-state index contributed by atoms with van der Waals surface area (Å²) >= 11 is 0. The summed E-state index contributed by atoms with van der Waals surface area (Å²) in [5.74, 6) is 0.914. The van der Waals surface area contributed by atoms with E-state index >= 15 is 0 Å². The summed E-state index contributed by atoms with van der Waals surface area (Å²) in [6.07, 6.45) is 6.17. The molecule has 0 aliphatic carbocycles. The Balaban J connectivity index is 1.69. The third-order valence-electron chi connectivity index (χ3n) is 4.86. The van der Waals surface area contributed by atoms with Crippen molar-refractivity contribution in [1.82, 2.24) is 10.2 Å². The standard InChI is InChI=1S/C14H26N2O/c1-10-6-13(7-11(2)17-10)16-5-3-4-12-8-15-9-14(12)16/h10-15H,3-9H2,1-2H3. The van der Waals surface area contributed by atoms with Crippen molar-refractivity contribution in [2.45, 2.75) is 63.8 Å². The summed E-state index contributed by atoms with van der Waals surface area (Å²) in [5, 5.41) is 3.58. The molecule has 17 heavy (non-hydrogen) atoms. The number of ether oxygens (including phenoxy) is 1. The van der Waals surface area contributed by atoms with Gasteiger partial charge in [0.2, 0.25) is 0 Å². The Morgan fingerprint density at radius 3 is 2.65 bits per heavy atom. The molecular formula is C14H26N2O. The van der Waals surface area contributed by atoms with Gasteiger partial charge in [0, 0.05) is 18.6 Å². The molecule has 3 saturated heterocycles. The predicted octanol–water partition coefficient (Wildman–Crippen LogP) is 1.63. The van der Waals surface area contributed by atoms with E-state index < -0.39 is 0 Å². The minimum atomic E-state index is 0.443. The minimum Gasteiger partial charge on any atom is -0.375 e. The fourth-order valence-electron chi connectivity index (χ4n) is 4.20. The fraction of sp³-hybridized carbons (Fsp3) is 1.00. The highest BCUT2D eigenvalue weighted by Gasteiger charge is 2.40. The van der Waals surface area contributed by atoms with Gasteiger partial charge >= 0.3 is 0 Å². The van der Waals surface area contributed by atoms with Crippen LogP contribution in [0.15, 0.2) is 0 Å². The number of fused-ring (bicyclic) bond motifs is 1. The molecule has 3 heteroatoms. The van der Waals surface area contributed by atoms with Crippen LogP contribution in [-0.4, -0.2) is 48.8 Å². The third-order valence-corrected chi connectivity index (χ3v) is 4.86. The van der Waals surface area contributed by atoms with Crippen molar-refractivity contribution in [2.75, 3.05) is 19.6 Å². The Hall–Kier alpha value is -0.120. The Kier molecular flexibility index (Phi) is 3.42. The topological polar surface area (TPSA) is 24.5 Å². The van der Waals surface area contributed by atoms with E-state index in [1.54, 1.807) is 0 Å². The van der Waals surface area contributed by atoms with E-state index in [0.717, 1.165) is 18.0 Å². The molecule has 4 atom stereocenters. The quantitative estimate of drug-likeness (QED) is 0.751. The van der Waals surface area contributed by atoms with Crippen LogP contribution in [-0.2, 0) is 4.74 Å². The summed E-state index contributed by atoms with van der Waals surface area (Å²) in [7, 11) is 0. The second kappa shape index (κ2) is 4.87. The molecule has 3 fully saturated rings. The molecule has 0 aromatic rings. The highest BCUT2D eigenvalue weighted by Crippen LogP contribution is 2.33. The summed E-state index contributed by atoms with van der Waals surface area (Å²) in [6, 6.07) is 1.58. The van der Waals surface area contributed by atoms with Gasteiger partial charge in [-0.3, -0.25) is 4.90 Å². The van der Waals surface area contributed by atoms with Crippen molar-refractivity contribution >= 4 is 0 Å². The number of piperidine rings is 1. The first-order chi connectivity index (χ1) is 8.24. The highest BCUT2D eigenvalue weighted by atomic mass is 16.5. The van der Waals surface area contributed by atoms with Crippen LogP contribution in [0, 0.1) is 5.92 Å². The van der Waals surface area contributed by atoms with E-state index in [1.807, 2.05) is 0 Å². The molecule has 3 nitrogen and oxygen atoms in total. The zero-order chi connectivity index (χ0) is 11.8. The van der Waals surface area contributed by atoms with Crippen molar-refractivity contribution in [3.8, 4) is 0 Å². The molecule has 0 radical (unpaired) electrons. The summed E-state index contributed by atoms with van der Waals surface area (Å²) < 4.78 is 5.88. The fourth-order valence-corrected chi connectivity index (χ4v) is 4.20. The Labute approximate surface area is 105 Å². The number of nitrogens with one attached hydrogen (secondary N) is 1. The molecule has 1 N–H and O–H groups in total.